The number of halogens is 2. The second-order valence-corrected chi connectivity index (χ2v) is 7.60. The number of nitrogens with two attached hydrogens (primary N) is 1. The van der Waals surface area contributed by atoms with Crippen LogP contribution in [0.3, 0.4) is 0 Å². The fourth-order valence-corrected chi connectivity index (χ4v) is 3.74. The second-order valence-electron chi connectivity index (χ2n) is 5.67. The van der Waals surface area contributed by atoms with Gasteiger partial charge in [0, 0.05) is 22.3 Å². The molecule has 0 saturated heterocycles. The maximum Gasteiger partial charge on any atom is 0.251 e. The first-order valence-electron chi connectivity index (χ1n) is 7.59. The van der Waals surface area contributed by atoms with E-state index in [1.807, 2.05) is 18.2 Å². The number of carbonyl (C=O) groups excluding carboxylic acids is 1. The lowest BCUT2D eigenvalue weighted by Crippen LogP contribution is -2.30. The van der Waals surface area contributed by atoms with Gasteiger partial charge in [-0.15, -0.1) is 17.0 Å². The SMILES string of the molecule is Br.N=C(N)SCc1cc(Br)ccc1C(=O)NCC1CCCCC1. The smallest absolute Gasteiger partial charge is 0.251 e. The largest absolute Gasteiger partial charge is 0.379 e. The van der Waals surface area contributed by atoms with Crippen molar-refractivity contribution in [1.29, 1.82) is 5.41 Å². The quantitative estimate of drug-likeness (QED) is 0.444. The number of hydrogen-bond acceptors (Lipinski definition) is 3. The highest BCUT2D eigenvalue weighted by Crippen LogP contribution is 2.24. The molecule has 4 N–H and O–H groups in total. The van der Waals surface area contributed by atoms with Gasteiger partial charge in [-0.1, -0.05) is 47.0 Å². The van der Waals surface area contributed by atoms with Gasteiger partial charge in [-0.25, -0.2) is 0 Å². The van der Waals surface area contributed by atoms with Gasteiger partial charge in [0.15, 0.2) is 5.17 Å². The molecule has 0 unspecified atom stereocenters. The lowest BCUT2D eigenvalue weighted by Gasteiger charge is -2.22. The van der Waals surface area contributed by atoms with Crippen molar-refractivity contribution in [3.8, 4) is 0 Å². The number of thioether (sulfide) groups is 1. The van der Waals surface area contributed by atoms with E-state index < -0.39 is 0 Å². The van der Waals surface area contributed by atoms with Gasteiger partial charge in [0.25, 0.3) is 5.91 Å². The number of amidine groups is 1. The summed E-state index contributed by atoms with van der Waals surface area (Å²) in [5.41, 5.74) is 6.97. The highest BCUT2D eigenvalue weighted by Gasteiger charge is 2.16. The van der Waals surface area contributed by atoms with E-state index in [9.17, 15) is 4.79 Å². The van der Waals surface area contributed by atoms with Gasteiger partial charge in [0.2, 0.25) is 0 Å². The molecule has 23 heavy (non-hydrogen) atoms. The van der Waals surface area contributed by atoms with Crippen LogP contribution in [-0.2, 0) is 5.75 Å². The van der Waals surface area contributed by atoms with Crippen LogP contribution in [0.15, 0.2) is 22.7 Å². The Labute approximate surface area is 160 Å². The van der Waals surface area contributed by atoms with Crippen molar-refractivity contribution in [3.05, 3.63) is 33.8 Å². The third-order valence-electron chi connectivity index (χ3n) is 3.97. The van der Waals surface area contributed by atoms with Gasteiger partial charge >= 0.3 is 0 Å². The average molecular weight is 465 g/mol. The summed E-state index contributed by atoms with van der Waals surface area (Å²) in [6.07, 6.45) is 6.31. The van der Waals surface area contributed by atoms with Crippen LogP contribution in [0.5, 0.6) is 0 Å². The molecule has 4 nitrogen and oxygen atoms in total. The third-order valence-corrected chi connectivity index (χ3v) is 5.23. The predicted octanol–water partition coefficient (Wildman–Crippen LogP) is 4.46. The van der Waals surface area contributed by atoms with E-state index in [0.29, 0.717) is 17.2 Å². The Bertz CT molecular complexity index is 548. The Kier molecular flexibility index (Phi) is 9.24. The Morgan fingerprint density at radius 1 is 1.35 bits per heavy atom. The summed E-state index contributed by atoms with van der Waals surface area (Å²) in [4.78, 5) is 12.4. The van der Waals surface area contributed by atoms with Crippen molar-refractivity contribution in [2.45, 2.75) is 37.9 Å². The van der Waals surface area contributed by atoms with Crippen molar-refractivity contribution >= 4 is 55.7 Å². The van der Waals surface area contributed by atoms with Gasteiger partial charge in [0.1, 0.15) is 0 Å². The lowest BCUT2D eigenvalue weighted by molar-refractivity contribution is 0.0943. The molecule has 0 aromatic heterocycles. The molecule has 0 heterocycles. The Balaban J connectivity index is 0.00000264. The van der Waals surface area contributed by atoms with Crippen LogP contribution in [0.25, 0.3) is 0 Å². The van der Waals surface area contributed by atoms with Crippen LogP contribution in [0.2, 0.25) is 0 Å². The first-order valence-corrected chi connectivity index (χ1v) is 9.37. The van der Waals surface area contributed by atoms with Gasteiger partial charge in [0.05, 0.1) is 0 Å². The first kappa shape index (κ1) is 20.5. The number of amides is 1. The molecule has 0 spiro atoms. The van der Waals surface area contributed by atoms with Gasteiger partial charge in [-0.05, 0) is 42.5 Å². The van der Waals surface area contributed by atoms with E-state index in [1.165, 1.54) is 43.9 Å². The highest BCUT2D eigenvalue weighted by molar-refractivity contribution is 9.10. The zero-order valence-electron chi connectivity index (χ0n) is 12.9. The molecular weight excluding hydrogens is 442 g/mol. The van der Waals surface area contributed by atoms with Gasteiger partial charge in [-0.3, -0.25) is 10.2 Å². The third kappa shape index (κ3) is 6.85. The monoisotopic (exact) mass is 463 g/mol. The summed E-state index contributed by atoms with van der Waals surface area (Å²) < 4.78 is 0.926. The number of carbonyl (C=O) groups is 1. The molecular formula is C16H23Br2N3OS. The van der Waals surface area contributed by atoms with E-state index in [-0.39, 0.29) is 28.1 Å². The minimum Gasteiger partial charge on any atom is -0.379 e. The number of rotatable bonds is 5. The van der Waals surface area contributed by atoms with E-state index in [2.05, 4.69) is 21.2 Å². The van der Waals surface area contributed by atoms with Crippen LogP contribution in [0.4, 0.5) is 0 Å². The normalized spacial score (nSPS) is 14.8. The molecule has 1 aliphatic carbocycles. The summed E-state index contributed by atoms with van der Waals surface area (Å²) in [7, 11) is 0. The van der Waals surface area contributed by atoms with Crippen LogP contribution < -0.4 is 11.1 Å². The summed E-state index contributed by atoms with van der Waals surface area (Å²) >= 11 is 4.66. The van der Waals surface area contributed by atoms with Gasteiger partial charge < -0.3 is 11.1 Å². The Morgan fingerprint density at radius 2 is 2.04 bits per heavy atom. The molecule has 1 amide bonds. The lowest BCUT2D eigenvalue weighted by atomic mass is 9.89. The minimum absolute atomic E-state index is 0. The van der Waals surface area contributed by atoms with Crippen LogP contribution in [0.1, 0.15) is 48.0 Å². The number of benzene rings is 1. The van der Waals surface area contributed by atoms with E-state index in [0.717, 1.165) is 16.6 Å². The van der Waals surface area contributed by atoms with E-state index in [1.54, 1.807) is 0 Å². The number of nitrogens with one attached hydrogen (secondary N) is 2. The maximum absolute atomic E-state index is 12.4. The molecule has 0 atom stereocenters. The fourth-order valence-electron chi connectivity index (χ4n) is 2.78. The molecule has 0 radical (unpaired) electrons. The van der Waals surface area contributed by atoms with Crippen LogP contribution >= 0.6 is 44.7 Å². The molecule has 0 bridgehead atoms. The summed E-state index contributed by atoms with van der Waals surface area (Å²) in [5, 5.41) is 10.4. The zero-order valence-corrected chi connectivity index (χ0v) is 17.1. The predicted molar refractivity (Wildman–Crippen MR) is 107 cm³/mol. The second kappa shape index (κ2) is 10.4. The molecule has 1 saturated carbocycles. The van der Waals surface area contributed by atoms with E-state index >= 15 is 0 Å². The van der Waals surface area contributed by atoms with Crippen LogP contribution in [-0.4, -0.2) is 17.6 Å². The minimum atomic E-state index is -0.0303. The molecule has 1 fully saturated rings. The molecule has 128 valence electrons. The topological polar surface area (TPSA) is 79.0 Å². The van der Waals surface area contributed by atoms with Crippen molar-refractivity contribution in [3.63, 3.8) is 0 Å². The molecule has 1 aromatic rings. The maximum atomic E-state index is 12.4. The first-order chi connectivity index (χ1) is 10.6. The number of hydrogen-bond donors (Lipinski definition) is 3. The summed E-state index contributed by atoms with van der Waals surface area (Å²) in [6.45, 7) is 0.758. The van der Waals surface area contributed by atoms with Crippen molar-refractivity contribution in [1.82, 2.24) is 5.32 Å². The standard InChI is InChI=1S/C16H22BrN3OS.BrH/c17-13-6-7-14(12(8-13)10-22-16(18)19)15(21)20-9-11-4-2-1-3-5-11;/h6-8,11H,1-5,9-10H2,(H3,18,19)(H,20,21);1H. The highest BCUT2D eigenvalue weighted by atomic mass is 79.9. The van der Waals surface area contributed by atoms with Crippen molar-refractivity contribution in [2.75, 3.05) is 6.54 Å². The molecule has 1 aromatic carbocycles. The van der Waals surface area contributed by atoms with Gasteiger partial charge in [-0.2, -0.15) is 0 Å². The van der Waals surface area contributed by atoms with E-state index in [4.69, 9.17) is 11.1 Å². The van der Waals surface area contributed by atoms with Crippen LogP contribution in [0, 0.1) is 11.3 Å². The fraction of sp³-hybridized carbons (Fsp3) is 0.500. The zero-order chi connectivity index (χ0) is 15.9. The van der Waals surface area contributed by atoms with Crippen molar-refractivity contribution < 1.29 is 4.79 Å². The molecule has 7 heteroatoms. The summed E-state index contributed by atoms with van der Waals surface area (Å²) in [6, 6.07) is 5.62. The molecule has 1 aliphatic rings. The Hall–Kier alpha value is -0.530. The van der Waals surface area contributed by atoms with Crippen molar-refractivity contribution in [2.24, 2.45) is 11.7 Å². The average Bonchev–Trinajstić information content (AvgIpc) is 2.51. The summed E-state index contributed by atoms with van der Waals surface area (Å²) in [5.74, 6) is 1.11. The molecule has 0 aliphatic heterocycles. The Morgan fingerprint density at radius 3 is 2.70 bits per heavy atom. The molecule has 2 rings (SSSR count).